The van der Waals surface area contributed by atoms with E-state index in [9.17, 15) is 0 Å². The standard InChI is InChI=1S/C14H21N3/c1-14(2,3)17-8-4-5-11-6-7-12-13(9-11)16-10-15-12/h6-7,9-10,17H,4-5,8H2,1-3H3,(H,15,16). The molecule has 3 nitrogen and oxygen atoms in total. The van der Waals surface area contributed by atoms with E-state index in [2.05, 4.69) is 54.3 Å². The Morgan fingerprint density at radius 3 is 2.88 bits per heavy atom. The number of hydrogen-bond acceptors (Lipinski definition) is 2. The minimum atomic E-state index is 0.216. The minimum absolute atomic E-state index is 0.216. The van der Waals surface area contributed by atoms with Crippen molar-refractivity contribution in [1.82, 2.24) is 15.3 Å². The molecule has 0 radical (unpaired) electrons. The first kappa shape index (κ1) is 12.1. The van der Waals surface area contributed by atoms with Crippen LogP contribution >= 0.6 is 0 Å². The lowest BCUT2D eigenvalue weighted by Gasteiger charge is -2.20. The molecule has 2 N–H and O–H groups in total. The maximum Gasteiger partial charge on any atom is 0.0931 e. The van der Waals surface area contributed by atoms with Crippen LogP contribution in [0.4, 0.5) is 0 Å². The molecule has 2 aromatic rings. The zero-order valence-corrected chi connectivity index (χ0v) is 10.9. The van der Waals surface area contributed by atoms with E-state index in [1.807, 2.05) is 0 Å². The lowest BCUT2D eigenvalue weighted by atomic mass is 10.1. The summed E-state index contributed by atoms with van der Waals surface area (Å²) in [7, 11) is 0. The van der Waals surface area contributed by atoms with Gasteiger partial charge < -0.3 is 10.3 Å². The number of nitrogens with one attached hydrogen (secondary N) is 2. The Morgan fingerprint density at radius 1 is 1.29 bits per heavy atom. The van der Waals surface area contributed by atoms with Gasteiger partial charge in [-0.15, -0.1) is 0 Å². The van der Waals surface area contributed by atoms with E-state index in [1.54, 1.807) is 6.33 Å². The monoisotopic (exact) mass is 231 g/mol. The second-order valence-electron chi connectivity index (χ2n) is 5.53. The van der Waals surface area contributed by atoms with Crippen LogP contribution in [0, 0.1) is 0 Å². The average Bonchev–Trinajstić information content (AvgIpc) is 2.70. The molecule has 0 unspecified atom stereocenters. The third kappa shape index (κ3) is 3.56. The molecule has 1 aromatic carbocycles. The summed E-state index contributed by atoms with van der Waals surface area (Å²) >= 11 is 0. The summed E-state index contributed by atoms with van der Waals surface area (Å²) in [5.74, 6) is 0. The summed E-state index contributed by atoms with van der Waals surface area (Å²) in [4.78, 5) is 7.37. The Balaban J connectivity index is 1.86. The van der Waals surface area contributed by atoms with Crippen LogP contribution in [0.3, 0.4) is 0 Å². The number of fused-ring (bicyclic) bond motifs is 1. The van der Waals surface area contributed by atoms with E-state index in [0.717, 1.165) is 30.4 Å². The number of rotatable bonds is 4. The number of benzene rings is 1. The van der Waals surface area contributed by atoms with Crippen molar-refractivity contribution < 1.29 is 0 Å². The first-order valence-electron chi connectivity index (χ1n) is 6.22. The normalized spacial score (nSPS) is 12.2. The highest BCUT2D eigenvalue weighted by Crippen LogP contribution is 2.12. The fraction of sp³-hybridized carbons (Fsp3) is 0.500. The van der Waals surface area contributed by atoms with E-state index in [-0.39, 0.29) is 5.54 Å². The topological polar surface area (TPSA) is 40.7 Å². The lowest BCUT2D eigenvalue weighted by Crippen LogP contribution is -2.36. The van der Waals surface area contributed by atoms with Crippen LogP contribution in [0.5, 0.6) is 0 Å². The number of nitrogens with zero attached hydrogens (tertiary/aromatic N) is 1. The molecule has 0 bridgehead atoms. The van der Waals surface area contributed by atoms with Gasteiger partial charge in [-0.2, -0.15) is 0 Å². The van der Waals surface area contributed by atoms with Crippen molar-refractivity contribution in [3.8, 4) is 0 Å². The zero-order valence-electron chi connectivity index (χ0n) is 10.9. The van der Waals surface area contributed by atoms with Crippen molar-refractivity contribution in [2.75, 3.05) is 6.54 Å². The molecule has 0 spiro atoms. The van der Waals surface area contributed by atoms with Gasteiger partial charge in [0.2, 0.25) is 0 Å². The summed E-state index contributed by atoms with van der Waals surface area (Å²) in [6.45, 7) is 7.65. The smallest absolute Gasteiger partial charge is 0.0931 e. The molecule has 0 fully saturated rings. The summed E-state index contributed by atoms with van der Waals surface area (Å²) in [6.07, 6.45) is 4.02. The van der Waals surface area contributed by atoms with Crippen molar-refractivity contribution in [2.45, 2.75) is 39.2 Å². The molecule has 2 rings (SSSR count). The molecular formula is C14H21N3. The number of aryl methyl sites for hydroxylation is 1. The van der Waals surface area contributed by atoms with Crippen molar-refractivity contribution in [1.29, 1.82) is 0 Å². The molecule has 1 aromatic heterocycles. The van der Waals surface area contributed by atoms with Crippen molar-refractivity contribution in [3.63, 3.8) is 0 Å². The van der Waals surface area contributed by atoms with Gasteiger partial charge in [-0.1, -0.05) is 6.07 Å². The van der Waals surface area contributed by atoms with Crippen LogP contribution in [0.15, 0.2) is 24.5 Å². The van der Waals surface area contributed by atoms with Gasteiger partial charge in [0.25, 0.3) is 0 Å². The highest BCUT2D eigenvalue weighted by molar-refractivity contribution is 5.74. The van der Waals surface area contributed by atoms with Crippen LogP contribution < -0.4 is 5.32 Å². The van der Waals surface area contributed by atoms with Crippen molar-refractivity contribution >= 4 is 11.0 Å². The lowest BCUT2D eigenvalue weighted by molar-refractivity contribution is 0.422. The van der Waals surface area contributed by atoms with Crippen LogP contribution in [-0.2, 0) is 6.42 Å². The Morgan fingerprint density at radius 2 is 2.12 bits per heavy atom. The second-order valence-corrected chi connectivity index (χ2v) is 5.53. The SMILES string of the molecule is CC(C)(C)NCCCc1ccc2nc[nH]c2c1. The highest BCUT2D eigenvalue weighted by atomic mass is 14.9. The number of aromatic amines is 1. The minimum Gasteiger partial charge on any atom is -0.345 e. The van der Waals surface area contributed by atoms with Crippen LogP contribution in [0.1, 0.15) is 32.8 Å². The van der Waals surface area contributed by atoms with Gasteiger partial charge in [0.15, 0.2) is 0 Å². The molecule has 0 saturated carbocycles. The molecule has 0 atom stereocenters. The van der Waals surface area contributed by atoms with Crippen LogP contribution in [0.2, 0.25) is 0 Å². The van der Waals surface area contributed by atoms with Gasteiger partial charge in [-0.05, 0) is 57.9 Å². The second kappa shape index (κ2) is 4.88. The Labute approximate surface area is 103 Å². The van der Waals surface area contributed by atoms with E-state index >= 15 is 0 Å². The van der Waals surface area contributed by atoms with E-state index in [1.165, 1.54) is 5.56 Å². The van der Waals surface area contributed by atoms with E-state index in [4.69, 9.17) is 0 Å². The van der Waals surface area contributed by atoms with Gasteiger partial charge in [0, 0.05) is 5.54 Å². The average molecular weight is 231 g/mol. The zero-order chi connectivity index (χ0) is 12.3. The third-order valence-corrected chi connectivity index (χ3v) is 2.78. The maximum atomic E-state index is 4.22. The molecule has 92 valence electrons. The predicted octanol–water partition coefficient (Wildman–Crippen LogP) is 2.88. The fourth-order valence-electron chi connectivity index (χ4n) is 1.89. The van der Waals surface area contributed by atoms with Crippen molar-refractivity contribution in [2.24, 2.45) is 0 Å². The highest BCUT2D eigenvalue weighted by Gasteiger charge is 2.07. The Hall–Kier alpha value is -1.35. The van der Waals surface area contributed by atoms with Gasteiger partial charge >= 0.3 is 0 Å². The third-order valence-electron chi connectivity index (χ3n) is 2.78. The van der Waals surface area contributed by atoms with Crippen LogP contribution in [0.25, 0.3) is 11.0 Å². The summed E-state index contributed by atoms with van der Waals surface area (Å²) in [6, 6.07) is 6.44. The largest absolute Gasteiger partial charge is 0.345 e. The number of hydrogen-bond donors (Lipinski definition) is 2. The molecule has 0 aliphatic heterocycles. The first-order valence-corrected chi connectivity index (χ1v) is 6.22. The van der Waals surface area contributed by atoms with E-state index in [0.29, 0.717) is 0 Å². The van der Waals surface area contributed by atoms with Gasteiger partial charge in [0.05, 0.1) is 17.4 Å². The van der Waals surface area contributed by atoms with Gasteiger partial charge in [0.1, 0.15) is 0 Å². The first-order chi connectivity index (χ1) is 8.04. The maximum absolute atomic E-state index is 4.22. The Kier molecular flexibility index (Phi) is 3.48. The number of imidazole rings is 1. The summed E-state index contributed by atoms with van der Waals surface area (Å²) < 4.78 is 0. The fourth-order valence-corrected chi connectivity index (χ4v) is 1.89. The summed E-state index contributed by atoms with van der Waals surface area (Å²) in [5, 5.41) is 3.50. The molecule has 0 aliphatic rings. The molecule has 3 heteroatoms. The van der Waals surface area contributed by atoms with Crippen LogP contribution in [-0.4, -0.2) is 22.1 Å². The van der Waals surface area contributed by atoms with Crippen molar-refractivity contribution in [3.05, 3.63) is 30.1 Å². The molecule has 0 aliphatic carbocycles. The quantitative estimate of drug-likeness (QED) is 0.794. The number of H-pyrrole nitrogens is 1. The molecular weight excluding hydrogens is 210 g/mol. The molecule has 0 saturated heterocycles. The number of aromatic nitrogens is 2. The molecule has 1 heterocycles. The predicted molar refractivity (Wildman–Crippen MR) is 72.2 cm³/mol. The van der Waals surface area contributed by atoms with Gasteiger partial charge in [-0.3, -0.25) is 0 Å². The molecule has 0 amide bonds. The van der Waals surface area contributed by atoms with Gasteiger partial charge in [-0.25, -0.2) is 4.98 Å². The molecule has 17 heavy (non-hydrogen) atoms. The Bertz CT molecular complexity index is 479. The van der Waals surface area contributed by atoms with E-state index < -0.39 is 0 Å². The summed E-state index contributed by atoms with van der Waals surface area (Å²) in [5.41, 5.74) is 3.76.